The molecular formula is C14H13FN2S. The zero-order valence-electron chi connectivity index (χ0n) is 10.1. The minimum absolute atomic E-state index is 0.253. The summed E-state index contributed by atoms with van der Waals surface area (Å²) in [6.07, 6.45) is 3.12. The first-order valence-corrected chi connectivity index (χ1v) is 6.44. The van der Waals surface area contributed by atoms with E-state index in [1.54, 1.807) is 6.07 Å². The Bertz CT molecular complexity index is 676. The number of nitrogens with one attached hydrogen (secondary N) is 1. The largest absolute Gasteiger partial charge is 0.343 e. The first-order chi connectivity index (χ1) is 8.65. The van der Waals surface area contributed by atoms with E-state index >= 15 is 0 Å². The van der Waals surface area contributed by atoms with Crippen LogP contribution in [0.3, 0.4) is 0 Å². The maximum Gasteiger partial charge on any atom is 0.139 e. The van der Waals surface area contributed by atoms with Crippen molar-refractivity contribution >= 4 is 12.2 Å². The molecule has 0 fully saturated rings. The number of aromatic nitrogens is 2. The Morgan fingerprint density at radius 3 is 3.00 bits per heavy atom. The van der Waals surface area contributed by atoms with Gasteiger partial charge in [0.05, 0.1) is 0 Å². The molecule has 1 aliphatic rings. The molecule has 1 N–H and O–H groups in total. The normalized spacial score (nSPS) is 13.7. The minimum Gasteiger partial charge on any atom is -0.343 e. The molecule has 1 aromatic carbocycles. The highest BCUT2D eigenvalue weighted by atomic mass is 32.1. The van der Waals surface area contributed by atoms with E-state index in [0.717, 1.165) is 41.6 Å². The van der Waals surface area contributed by atoms with Gasteiger partial charge in [-0.1, -0.05) is 18.3 Å². The molecule has 0 radical (unpaired) electrons. The van der Waals surface area contributed by atoms with Crippen molar-refractivity contribution < 1.29 is 4.39 Å². The molecule has 1 aliphatic carbocycles. The molecule has 0 atom stereocenters. The van der Waals surface area contributed by atoms with E-state index in [4.69, 9.17) is 12.2 Å². The highest BCUT2D eigenvalue weighted by Gasteiger charge is 2.16. The van der Waals surface area contributed by atoms with Gasteiger partial charge >= 0.3 is 0 Å². The predicted molar refractivity (Wildman–Crippen MR) is 71.6 cm³/mol. The van der Waals surface area contributed by atoms with Crippen molar-refractivity contribution in [3.05, 3.63) is 45.5 Å². The zero-order valence-corrected chi connectivity index (χ0v) is 10.9. The maximum atomic E-state index is 13.3. The molecule has 0 spiro atoms. The third-order valence-corrected chi connectivity index (χ3v) is 3.75. The van der Waals surface area contributed by atoms with Crippen LogP contribution in [-0.4, -0.2) is 9.97 Å². The molecule has 92 valence electrons. The lowest BCUT2D eigenvalue weighted by molar-refractivity contribution is 0.627. The van der Waals surface area contributed by atoms with Gasteiger partial charge in [0.2, 0.25) is 0 Å². The van der Waals surface area contributed by atoms with Crippen LogP contribution in [0.15, 0.2) is 18.2 Å². The van der Waals surface area contributed by atoms with Gasteiger partial charge in [-0.05, 0) is 43.9 Å². The second-order valence-corrected chi connectivity index (χ2v) is 5.05. The average Bonchev–Trinajstić information content (AvgIpc) is 2.81. The van der Waals surface area contributed by atoms with E-state index in [0.29, 0.717) is 10.5 Å². The number of nitrogens with zero attached hydrogens (tertiary/aromatic N) is 1. The smallest absolute Gasteiger partial charge is 0.139 e. The van der Waals surface area contributed by atoms with Crippen LogP contribution in [0.25, 0.3) is 11.4 Å². The number of H-pyrrole nitrogens is 1. The first kappa shape index (κ1) is 11.5. The van der Waals surface area contributed by atoms with Crippen LogP contribution in [0.5, 0.6) is 0 Å². The number of hydrogen-bond acceptors (Lipinski definition) is 2. The Hall–Kier alpha value is -1.55. The van der Waals surface area contributed by atoms with Crippen molar-refractivity contribution in [1.29, 1.82) is 0 Å². The van der Waals surface area contributed by atoms with Crippen molar-refractivity contribution in [1.82, 2.24) is 9.97 Å². The number of aryl methyl sites for hydroxylation is 2. The first-order valence-electron chi connectivity index (χ1n) is 6.04. The number of hydrogen-bond donors (Lipinski definition) is 1. The lowest BCUT2D eigenvalue weighted by Crippen LogP contribution is -1.98. The molecule has 0 saturated carbocycles. The van der Waals surface area contributed by atoms with Crippen LogP contribution in [0.4, 0.5) is 4.39 Å². The highest BCUT2D eigenvalue weighted by molar-refractivity contribution is 7.71. The summed E-state index contributed by atoms with van der Waals surface area (Å²) in [5, 5.41) is 0. The molecule has 1 aromatic heterocycles. The summed E-state index contributed by atoms with van der Waals surface area (Å²) in [5.74, 6) is 0.426. The predicted octanol–water partition coefficient (Wildman–Crippen LogP) is 3.74. The summed E-state index contributed by atoms with van der Waals surface area (Å²) in [4.78, 5) is 7.72. The molecule has 2 nitrogen and oxygen atoms in total. The van der Waals surface area contributed by atoms with Gasteiger partial charge in [-0.15, -0.1) is 0 Å². The molecule has 2 aromatic rings. The van der Waals surface area contributed by atoms with Crippen molar-refractivity contribution in [2.45, 2.75) is 26.2 Å². The highest BCUT2D eigenvalue weighted by Crippen LogP contribution is 2.26. The van der Waals surface area contributed by atoms with Crippen LogP contribution in [0.1, 0.15) is 23.2 Å². The lowest BCUT2D eigenvalue weighted by Gasteiger charge is -2.08. The van der Waals surface area contributed by atoms with E-state index in [1.165, 1.54) is 12.1 Å². The summed E-state index contributed by atoms with van der Waals surface area (Å²) in [6.45, 7) is 1.95. The second-order valence-electron chi connectivity index (χ2n) is 4.66. The Balaban J connectivity index is 2.21. The molecule has 0 unspecified atom stereocenters. The van der Waals surface area contributed by atoms with Gasteiger partial charge in [-0.3, -0.25) is 0 Å². The molecule has 0 amide bonds. The summed E-state index contributed by atoms with van der Waals surface area (Å²) in [6, 6.07) is 4.72. The van der Waals surface area contributed by atoms with Gasteiger partial charge in [0, 0.05) is 16.8 Å². The topological polar surface area (TPSA) is 28.7 Å². The standard InChI is InChI=1S/C14H13FN2S/c1-8-5-6-9(15)7-11(8)13-16-12-4-2-3-10(12)14(18)17-13/h5-7H,2-4H2,1H3,(H,16,17,18). The van der Waals surface area contributed by atoms with E-state index in [2.05, 4.69) is 9.97 Å². The Morgan fingerprint density at radius 1 is 1.33 bits per heavy atom. The van der Waals surface area contributed by atoms with Gasteiger partial charge in [0.15, 0.2) is 0 Å². The van der Waals surface area contributed by atoms with Crippen LogP contribution in [0.2, 0.25) is 0 Å². The fourth-order valence-corrected chi connectivity index (χ4v) is 2.75. The Kier molecular flexibility index (Phi) is 2.74. The zero-order chi connectivity index (χ0) is 12.7. The fraction of sp³-hybridized carbons (Fsp3) is 0.286. The number of halogens is 1. The summed E-state index contributed by atoms with van der Waals surface area (Å²) < 4.78 is 14.0. The quantitative estimate of drug-likeness (QED) is 0.791. The van der Waals surface area contributed by atoms with Crippen molar-refractivity contribution in [3.8, 4) is 11.4 Å². The van der Waals surface area contributed by atoms with E-state index in [9.17, 15) is 4.39 Å². The number of benzene rings is 1. The monoisotopic (exact) mass is 260 g/mol. The molecule has 0 saturated heterocycles. The fourth-order valence-electron chi connectivity index (χ4n) is 2.43. The van der Waals surface area contributed by atoms with E-state index in [-0.39, 0.29) is 5.82 Å². The molecule has 0 bridgehead atoms. The SMILES string of the molecule is Cc1ccc(F)cc1-c1nc(=S)c2c([nH]1)CCC2. The van der Waals surface area contributed by atoms with Crippen LogP contribution in [0, 0.1) is 17.4 Å². The Morgan fingerprint density at radius 2 is 2.17 bits per heavy atom. The average molecular weight is 260 g/mol. The lowest BCUT2D eigenvalue weighted by atomic mass is 10.1. The van der Waals surface area contributed by atoms with E-state index < -0.39 is 0 Å². The van der Waals surface area contributed by atoms with Crippen molar-refractivity contribution in [3.63, 3.8) is 0 Å². The molecule has 3 rings (SSSR count). The number of fused-ring (bicyclic) bond motifs is 1. The van der Waals surface area contributed by atoms with Crippen molar-refractivity contribution in [2.75, 3.05) is 0 Å². The Labute approximate surface area is 110 Å². The van der Waals surface area contributed by atoms with Gasteiger partial charge in [0.1, 0.15) is 16.3 Å². The van der Waals surface area contributed by atoms with Gasteiger partial charge in [-0.25, -0.2) is 9.37 Å². The number of aromatic amines is 1. The van der Waals surface area contributed by atoms with E-state index in [1.807, 2.05) is 6.92 Å². The maximum absolute atomic E-state index is 13.3. The van der Waals surface area contributed by atoms with Crippen LogP contribution in [-0.2, 0) is 12.8 Å². The molecule has 1 heterocycles. The molecular weight excluding hydrogens is 247 g/mol. The summed E-state index contributed by atoms with van der Waals surface area (Å²) in [7, 11) is 0. The minimum atomic E-state index is -0.253. The number of rotatable bonds is 1. The van der Waals surface area contributed by atoms with Crippen LogP contribution >= 0.6 is 12.2 Å². The van der Waals surface area contributed by atoms with Gasteiger partial charge < -0.3 is 4.98 Å². The summed E-state index contributed by atoms with van der Waals surface area (Å²) in [5.41, 5.74) is 4.10. The van der Waals surface area contributed by atoms with Crippen molar-refractivity contribution in [2.24, 2.45) is 0 Å². The molecule has 18 heavy (non-hydrogen) atoms. The van der Waals surface area contributed by atoms with Gasteiger partial charge in [-0.2, -0.15) is 0 Å². The molecule has 4 heteroatoms. The molecule has 0 aliphatic heterocycles. The third-order valence-electron chi connectivity index (χ3n) is 3.41. The summed E-state index contributed by atoms with van der Waals surface area (Å²) >= 11 is 5.32. The second kappa shape index (κ2) is 4.28. The third kappa shape index (κ3) is 1.86. The van der Waals surface area contributed by atoms with Crippen LogP contribution < -0.4 is 0 Å². The van der Waals surface area contributed by atoms with Gasteiger partial charge in [0.25, 0.3) is 0 Å².